The van der Waals surface area contributed by atoms with Gasteiger partial charge >= 0.3 is 0 Å². The van der Waals surface area contributed by atoms with Crippen molar-refractivity contribution in [1.82, 2.24) is 10.2 Å². The lowest BCUT2D eigenvalue weighted by molar-refractivity contribution is -0.122. The van der Waals surface area contributed by atoms with Gasteiger partial charge in [0.1, 0.15) is 0 Å². The standard InChI is InChI=1S/C19H22ClN3O/c20-16-8-4-5-14(9-16)10-22-19(24)13-23-11-17(18(21)12-23)15-6-2-1-3-7-15/h1-9,17-18H,10-13,21H2,(H,22,24)/t17-,18+/m0/s1. The van der Waals surface area contributed by atoms with Crippen LogP contribution in [0.3, 0.4) is 0 Å². The van der Waals surface area contributed by atoms with E-state index in [1.807, 2.05) is 42.5 Å². The van der Waals surface area contributed by atoms with Gasteiger partial charge in [-0.25, -0.2) is 0 Å². The second-order valence-corrected chi connectivity index (χ2v) is 6.72. The summed E-state index contributed by atoms with van der Waals surface area (Å²) in [7, 11) is 0. The molecular formula is C19H22ClN3O. The van der Waals surface area contributed by atoms with E-state index in [2.05, 4.69) is 22.3 Å². The highest BCUT2D eigenvalue weighted by Crippen LogP contribution is 2.25. The van der Waals surface area contributed by atoms with Crippen molar-refractivity contribution in [3.8, 4) is 0 Å². The third-order valence-electron chi connectivity index (χ3n) is 4.41. The van der Waals surface area contributed by atoms with Crippen LogP contribution in [0.1, 0.15) is 17.0 Å². The lowest BCUT2D eigenvalue weighted by Crippen LogP contribution is -2.37. The first kappa shape index (κ1) is 17.0. The summed E-state index contributed by atoms with van der Waals surface area (Å²) in [6.45, 7) is 2.42. The summed E-state index contributed by atoms with van der Waals surface area (Å²) in [5, 5.41) is 3.62. The van der Waals surface area contributed by atoms with Gasteiger partial charge < -0.3 is 11.1 Å². The van der Waals surface area contributed by atoms with Gasteiger partial charge in [0, 0.05) is 36.6 Å². The van der Waals surface area contributed by atoms with E-state index in [0.717, 1.165) is 18.7 Å². The Morgan fingerprint density at radius 3 is 2.71 bits per heavy atom. The lowest BCUT2D eigenvalue weighted by Gasteiger charge is -2.16. The van der Waals surface area contributed by atoms with Crippen LogP contribution in [0.15, 0.2) is 54.6 Å². The van der Waals surface area contributed by atoms with Crippen LogP contribution in [0.5, 0.6) is 0 Å². The van der Waals surface area contributed by atoms with E-state index < -0.39 is 0 Å². The summed E-state index contributed by atoms with van der Waals surface area (Å²) in [6.07, 6.45) is 0. The molecule has 0 bridgehead atoms. The van der Waals surface area contributed by atoms with Crippen molar-refractivity contribution < 1.29 is 4.79 Å². The number of halogens is 1. The molecule has 0 spiro atoms. The molecule has 1 aliphatic rings. The number of likely N-dealkylation sites (tertiary alicyclic amines) is 1. The zero-order valence-corrected chi connectivity index (χ0v) is 14.2. The van der Waals surface area contributed by atoms with Crippen LogP contribution in [-0.4, -0.2) is 36.5 Å². The maximum absolute atomic E-state index is 12.2. The SMILES string of the molecule is N[C@@H]1CN(CC(=O)NCc2cccc(Cl)c2)C[C@H]1c1ccccc1. The third-order valence-corrected chi connectivity index (χ3v) is 4.65. The van der Waals surface area contributed by atoms with Gasteiger partial charge in [-0.15, -0.1) is 0 Å². The number of hydrogen-bond acceptors (Lipinski definition) is 3. The monoisotopic (exact) mass is 343 g/mol. The molecule has 0 aliphatic carbocycles. The average Bonchev–Trinajstić information content (AvgIpc) is 2.94. The molecule has 2 atom stereocenters. The summed E-state index contributed by atoms with van der Waals surface area (Å²) in [6, 6.07) is 17.8. The smallest absolute Gasteiger partial charge is 0.234 e. The fraction of sp³-hybridized carbons (Fsp3) is 0.316. The first-order valence-corrected chi connectivity index (χ1v) is 8.53. The van der Waals surface area contributed by atoms with Gasteiger partial charge in [0.2, 0.25) is 5.91 Å². The van der Waals surface area contributed by atoms with E-state index in [4.69, 9.17) is 17.3 Å². The second kappa shape index (κ2) is 7.79. The average molecular weight is 344 g/mol. The molecule has 2 aromatic rings. The Balaban J connectivity index is 1.50. The minimum Gasteiger partial charge on any atom is -0.351 e. The van der Waals surface area contributed by atoms with Crippen LogP contribution in [0.2, 0.25) is 5.02 Å². The molecule has 0 aromatic heterocycles. The maximum atomic E-state index is 12.2. The highest BCUT2D eigenvalue weighted by molar-refractivity contribution is 6.30. The van der Waals surface area contributed by atoms with Crippen molar-refractivity contribution >= 4 is 17.5 Å². The molecule has 1 heterocycles. The number of hydrogen-bond donors (Lipinski definition) is 2. The van der Waals surface area contributed by atoms with Crippen LogP contribution in [-0.2, 0) is 11.3 Å². The Bertz CT molecular complexity index is 692. The van der Waals surface area contributed by atoms with Crippen molar-refractivity contribution in [2.45, 2.75) is 18.5 Å². The number of nitrogens with two attached hydrogens (primary N) is 1. The lowest BCUT2D eigenvalue weighted by atomic mass is 9.95. The molecule has 5 heteroatoms. The van der Waals surface area contributed by atoms with E-state index in [0.29, 0.717) is 18.1 Å². The molecule has 0 saturated carbocycles. The number of rotatable bonds is 5. The Hall–Kier alpha value is -1.88. The minimum absolute atomic E-state index is 0.0101. The van der Waals surface area contributed by atoms with E-state index >= 15 is 0 Å². The van der Waals surface area contributed by atoms with Crippen molar-refractivity contribution in [3.05, 3.63) is 70.7 Å². The summed E-state index contributed by atoms with van der Waals surface area (Å²) >= 11 is 5.95. The van der Waals surface area contributed by atoms with E-state index in [9.17, 15) is 4.79 Å². The quantitative estimate of drug-likeness (QED) is 0.876. The number of benzene rings is 2. The molecular weight excluding hydrogens is 322 g/mol. The highest BCUT2D eigenvalue weighted by atomic mass is 35.5. The maximum Gasteiger partial charge on any atom is 0.234 e. The van der Waals surface area contributed by atoms with Gasteiger partial charge in [0.15, 0.2) is 0 Å². The Kier molecular flexibility index (Phi) is 5.51. The molecule has 24 heavy (non-hydrogen) atoms. The molecule has 1 fully saturated rings. The predicted octanol–water partition coefficient (Wildman–Crippen LogP) is 2.38. The topological polar surface area (TPSA) is 58.4 Å². The normalized spacial score (nSPS) is 20.9. The molecule has 0 radical (unpaired) electrons. The Morgan fingerprint density at radius 1 is 1.17 bits per heavy atom. The van der Waals surface area contributed by atoms with E-state index in [1.165, 1.54) is 5.56 Å². The van der Waals surface area contributed by atoms with Gasteiger partial charge in [-0.05, 0) is 23.3 Å². The van der Waals surface area contributed by atoms with Crippen LogP contribution in [0.25, 0.3) is 0 Å². The number of nitrogens with one attached hydrogen (secondary N) is 1. The van der Waals surface area contributed by atoms with Gasteiger partial charge in [-0.3, -0.25) is 9.69 Å². The predicted molar refractivity (Wildman–Crippen MR) is 96.9 cm³/mol. The molecule has 1 saturated heterocycles. The molecule has 2 aromatic carbocycles. The zero-order chi connectivity index (χ0) is 16.9. The number of carbonyl (C=O) groups is 1. The van der Waals surface area contributed by atoms with E-state index in [1.54, 1.807) is 0 Å². The van der Waals surface area contributed by atoms with Crippen LogP contribution in [0, 0.1) is 0 Å². The molecule has 126 valence electrons. The third kappa shape index (κ3) is 4.35. The number of amides is 1. The Labute approximate surface area is 147 Å². The molecule has 3 rings (SSSR count). The number of nitrogens with zero attached hydrogens (tertiary/aromatic N) is 1. The van der Waals surface area contributed by atoms with Gasteiger partial charge in [-0.2, -0.15) is 0 Å². The summed E-state index contributed by atoms with van der Waals surface area (Å²) < 4.78 is 0. The van der Waals surface area contributed by atoms with Crippen LogP contribution >= 0.6 is 11.6 Å². The van der Waals surface area contributed by atoms with Gasteiger partial charge in [-0.1, -0.05) is 54.1 Å². The van der Waals surface area contributed by atoms with Gasteiger partial charge in [0.25, 0.3) is 0 Å². The van der Waals surface area contributed by atoms with E-state index in [-0.39, 0.29) is 17.9 Å². The van der Waals surface area contributed by atoms with Gasteiger partial charge in [0.05, 0.1) is 6.54 Å². The fourth-order valence-corrected chi connectivity index (χ4v) is 3.41. The van der Waals surface area contributed by atoms with Crippen molar-refractivity contribution in [2.75, 3.05) is 19.6 Å². The molecule has 1 amide bonds. The van der Waals surface area contributed by atoms with Crippen molar-refractivity contribution in [2.24, 2.45) is 5.73 Å². The zero-order valence-electron chi connectivity index (χ0n) is 13.5. The first-order chi connectivity index (χ1) is 11.6. The molecule has 4 nitrogen and oxygen atoms in total. The molecule has 0 unspecified atom stereocenters. The van der Waals surface area contributed by atoms with Crippen molar-refractivity contribution in [1.29, 1.82) is 0 Å². The largest absolute Gasteiger partial charge is 0.351 e. The minimum atomic E-state index is 0.0101. The Morgan fingerprint density at radius 2 is 1.96 bits per heavy atom. The summed E-state index contributed by atoms with van der Waals surface area (Å²) in [5.74, 6) is 0.294. The first-order valence-electron chi connectivity index (χ1n) is 8.16. The summed E-state index contributed by atoms with van der Waals surface area (Å²) in [4.78, 5) is 14.3. The van der Waals surface area contributed by atoms with Crippen LogP contribution in [0.4, 0.5) is 0 Å². The number of carbonyl (C=O) groups excluding carboxylic acids is 1. The van der Waals surface area contributed by atoms with Crippen molar-refractivity contribution in [3.63, 3.8) is 0 Å². The molecule has 1 aliphatic heterocycles. The van der Waals surface area contributed by atoms with Crippen LogP contribution < -0.4 is 11.1 Å². The second-order valence-electron chi connectivity index (χ2n) is 6.28. The highest BCUT2D eigenvalue weighted by Gasteiger charge is 2.31. The fourth-order valence-electron chi connectivity index (χ4n) is 3.20. The summed E-state index contributed by atoms with van der Waals surface area (Å²) in [5.41, 5.74) is 8.51. The molecule has 3 N–H and O–H groups in total.